The first-order valence-electron chi connectivity index (χ1n) is 6.56. The fourth-order valence-corrected chi connectivity index (χ4v) is 2.16. The maximum atomic E-state index is 6.26. The number of hydrogen-bond acceptors (Lipinski definition) is 3. The van der Waals surface area contributed by atoms with Crippen molar-refractivity contribution in [2.75, 3.05) is 13.6 Å². The third-order valence-corrected chi connectivity index (χ3v) is 3.26. The lowest BCUT2D eigenvalue weighted by atomic mass is 9.97. The van der Waals surface area contributed by atoms with Crippen molar-refractivity contribution in [2.45, 2.75) is 45.2 Å². The van der Waals surface area contributed by atoms with Crippen molar-refractivity contribution in [1.29, 1.82) is 0 Å². The molecule has 2 N–H and O–H groups in total. The van der Waals surface area contributed by atoms with Crippen LogP contribution >= 0.6 is 0 Å². The largest absolute Gasteiger partial charge is 0.326 e. The van der Waals surface area contributed by atoms with Crippen molar-refractivity contribution in [3.63, 3.8) is 0 Å². The van der Waals surface area contributed by atoms with E-state index in [0.29, 0.717) is 6.04 Å². The van der Waals surface area contributed by atoms with Crippen LogP contribution in [-0.2, 0) is 0 Å². The number of likely N-dealkylation sites (N-methyl/N-ethyl adjacent to an activating group) is 1. The van der Waals surface area contributed by atoms with Gasteiger partial charge in [0.1, 0.15) is 0 Å². The number of aromatic nitrogens is 1. The highest BCUT2D eigenvalue weighted by Gasteiger charge is 2.22. The number of rotatable bonds is 7. The summed E-state index contributed by atoms with van der Waals surface area (Å²) in [4.78, 5) is 6.44. The van der Waals surface area contributed by atoms with Gasteiger partial charge in [-0.05, 0) is 44.1 Å². The Balaban J connectivity index is 2.80. The second-order valence-corrected chi connectivity index (χ2v) is 4.63. The Morgan fingerprint density at radius 1 is 1.29 bits per heavy atom. The van der Waals surface area contributed by atoms with Crippen molar-refractivity contribution < 1.29 is 0 Å². The van der Waals surface area contributed by atoms with E-state index in [0.717, 1.165) is 13.0 Å². The van der Waals surface area contributed by atoms with Gasteiger partial charge in [-0.15, -0.1) is 0 Å². The SMILES string of the molecule is CCCCN(C)C(c1ccncc1)C(N)CC. The molecule has 96 valence electrons. The minimum atomic E-state index is 0.180. The van der Waals surface area contributed by atoms with Crippen LogP contribution in [0.25, 0.3) is 0 Å². The first-order chi connectivity index (χ1) is 8.20. The van der Waals surface area contributed by atoms with Crippen LogP contribution in [0.5, 0.6) is 0 Å². The molecule has 1 heterocycles. The zero-order valence-corrected chi connectivity index (χ0v) is 11.3. The van der Waals surface area contributed by atoms with Crippen LogP contribution in [0.2, 0.25) is 0 Å². The quantitative estimate of drug-likeness (QED) is 0.790. The van der Waals surface area contributed by atoms with Gasteiger partial charge in [-0.1, -0.05) is 20.3 Å². The lowest BCUT2D eigenvalue weighted by Gasteiger charge is -2.32. The maximum Gasteiger partial charge on any atom is 0.0497 e. The summed E-state index contributed by atoms with van der Waals surface area (Å²) < 4.78 is 0. The van der Waals surface area contributed by atoms with E-state index in [1.165, 1.54) is 18.4 Å². The molecule has 0 saturated carbocycles. The number of hydrogen-bond donors (Lipinski definition) is 1. The van der Waals surface area contributed by atoms with Gasteiger partial charge in [0.2, 0.25) is 0 Å². The Hall–Kier alpha value is -0.930. The van der Waals surface area contributed by atoms with E-state index in [2.05, 4.69) is 42.9 Å². The minimum absolute atomic E-state index is 0.180. The molecule has 0 aliphatic rings. The van der Waals surface area contributed by atoms with Crippen LogP contribution in [0.4, 0.5) is 0 Å². The van der Waals surface area contributed by atoms with Gasteiger partial charge in [0.15, 0.2) is 0 Å². The smallest absolute Gasteiger partial charge is 0.0497 e. The van der Waals surface area contributed by atoms with Crippen LogP contribution < -0.4 is 5.73 Å². The van der Waals surface area contributed by atoms with E-state index in [1.54, 1.807) is 0 Å². The Morgan fingerprint density at radius 2 is 1.94 bits per heavy atom. The van der Waals surface area contributed by atoms with E-state index in [4.69, 9.17) is 5.73 Å². The van der Waals surface area contributed by atoms with Crippen LogP contribution in [0.15, 0.2) is 24.5 Å². The topological polar surface area (TPSA) is 42.2 Å². The lowest BCUT2D eigenvalue weighted by molar-refractivity contribution is 0.207. The fraction of sp³-hybridized carbons (Fsp3) is 0.643. The lowest BCUT2D eigenvalue weighted by Crippen LogP contribution is -2.39. The summed E-state index contributed by atoms with van der Waals surface area (Å²) in [5.41, 5.74) is 7.53. The van der Waals surface area contributed by atoms with E-state index in [1.807, 2.05) is 12.4 Å². The van der Waals surface area contributed by atoms with Gasteiger partial charge < -0.3 is 5.73 Å². The maximum absolute atomic E-state index is 6.26. The molecular formula is C14H25N3. The zero-order chi connectivity index (χ0) is 12.7. The van der Waals surface area contributed by atoms with Gasteiger partial charge in [-0.2, -0.15) is 0 Å². The molecule has 0 spiro atoms. The molecule has 1 rings (SSSR count). The second kappa shape index (κ2) is 7.41. The molecule has 2 atom stereocenters. The molecule has 3 nitrogen and oxygen atoms in total. The van der Waals surface area contributed by atoms with Crippen molar-refractivity contribution in [3.8, 4) is 0 Å². The number of nitrogens with zero attached hydrogens (tertiary/aromatic N) is 2. The fourth-order valence-electron chi connectivity index (χ4n) is 2.16. The summed E-state index contributed by atoms with van der Waals surface area (Å²) in [5.74, 6) is 0. The predicted octanol–water partition coefficient (Wildman–Crippen LogP) is 2.59. The van der Waals surface area contributed by atoms with E-state index in [9.17, 15) is 0 Å². The molecule has 17 heavy (non-hydrogen) atoms. The second-order valence-electron chi connectivity index (χ2n) is 4.63. The summed E-state index contributed by atoms with van der Waals surface area (Å²) in [6.07, 6.45) is 7.11. The Morgan fingerprint density at radius 3 is 2.47 bits per heavy atom. The molecular weight excluding hydrogens is 210 g/mol. The molecule has 0 aliphatic carbocycles. The molecule has 0 aromatic carbocycles. The van der Waals surface area contributed by atoms with Gasteiger partial charge in [0.25, 0.3) is 0 Å². The molecule has 0 fully saturated rings. The molecule has 0 saturated heterocycles. The normalized spacial score (nSPS) is 14.9. The molecule has 1 aromatic heterocycles. The zero-order valence-electron chi connectivity index (χ0n) is 11.3. The van der Waals surface area contributed by atoms with Crippen molar-refractivity contribution >= 4 is 0 Å². The third-order valence-electron chi connectivity index (χ3n) is 3.26. The summed E-state index contributed by atoms with van der Waals surface area (Å²) in [7, 11) is 2.16. The summed E-state index contributed by atoms with van der Waals surface area (Å²) in [5, 5.41) is 0. The number of pyridine rings is 1. The van der Waals surface area contributed by atoms with Crippen LogP contribution in [-0.4, -0.2) is 29.5 Å². The Bertz CT molecular complexity index is 300. The monoisotopic (exact) mass is 235 g/mol. The minimum Gasteiger partial charge on any atom is -0.326 e. The van der Waals surface area contributed by atoms with Crippen LogP contribution in [0, 0.1) is 0 Å². The Kier molecular flexibility index (Phi) is 6.16. The van der Waals surface area contributed by atoms with Crippen molar-refractivity contribution in [1.82, 2.24) is 9.88 Å². The van der Waals surface area contributed by atoms with Gasteiger partial charge in [0, 0.05) is 24.5 Å². The molecule has 1 aromatic rings. The summed E-state index contributed by atoms with van der Waals surface area (Å²) in [6.45, 7) is 5.46. The van der Waals surface area contributed by atoms with E-state index >= 15 is 0 Å². The van der Waals surface area contributed by atoms with Gasteiger partial charge in [-0.3, -0.25) is 9.88 Å². The van der Waals surface area contributed by atoms with Crippen LogP contribution in [0.1, 0.15) is 44.7 Å². The third kappa shape index (κ3) is 4.10. The van der Waals surface area contributed by atoms with Gasteiger partial charge in [0.05, 0.1) is 0 Å². The molecule has 0 radical (unpaired) electrons. The molecule has 0 amide bonds. The van der Waals surface area contributed by atoms with Crippen molar-refractivity contribution in [3.05, 3.63) is 30.1 Å². The molecule has 2 unspecified atom stereocenters. The highest BCUT2D eigenvalue weighted by atomic mass is 15.1. The number of unbranched alkanes of at least 4 members (excludes halogenated alkanes) is 1. The highest BCUT2D eigenvalue weighted by molar-refractivity contribution is 5.17. The first-order valence-corrected chi connectivity index (χ1v) is 6.56. The van der Waals surface area contributed by atoms with Crippen molar-refractivity contribution in [2.24, 2.45) is 5.73 Å². The predicted molar refractivity (Wildman–Crippen MR) is 72.8 cm³/mol. The van der Waals surface area contributed by atoms with Gasteiger partial charge >= 0.3 is 0 Å². The van der Waals surface area contributed by atoms with Gasteiger partial charge in [-0.25, -0.2) is 0 Å². The molecule has 0 aliphatic heterocycles. The van der Waals surface area contributed by atoms with E-state index < -0.39 is 0 Å². The van der Waals surface area contributed by atoms with Crippen LogP contribution in [0.3, 0.4) is 0 Å². The first kappa shape index (κ1) is 14.1. The highest BCUT2D eigenvalue weighted by Crippen LogP contribution is 2.23. The molecule has 3 heteroatoms. The summed E-state index contributed by atoms with van der Waals surface area (Å²) >= 11 is 0. The molecule has 0 bridgehead atoms. The summed E-state index contributed by atoms with van der Waals surface area (Å²) in [6, 6.07) is 4.62. The van der Waals surface area contributed by atoms with E-state index in [-0.39, 0.29) is 6.04 Å². The average molecular weight is 235 g/mol. The average Bonchev–Trinajstić information content (AvgIpc) is 2.37. The Labute approximate surface area is 105 Å². The standard InChI is InChI=1S/C14H25N3/c1-4-6-11-17(3)14(13(15)5-2)12-7-9-16-10-8-12/h7-10,13-14H,4-6,11,15H2,1-3H3. The number of nitrogens with two attached hydrogens (primary N) is 1.